The van der Waals surface area contributed by atoms with Crippen LogP contribution in [-0.4, -0.2) is 36.7 Å². The summed E-state index contributed by atoms with van der Waals surface area (Å²) in [5.41, 5.74) is 0. The molecule has 78 valence electrons. The number of carbonyl (C=O) groups excluding carboxylic acids is 1. The van der Waals surface area contributed by atoms with Crippen LogP contribution in [0.5, 0.6) is 0 Å². The second kappa shape index (κ2) is 5.02. The van der Waals surface area contributed by atoms with Crippen LogP contribution in [0, 0.1) is 0 Å². The fourth-order valence-corrected chi connectivity index (χ4v) is 1.63. The van der Waals surface area contributed by atoms with Gasteiger partial charge in [-0.05, 0) is 6.42 Å². The number of quaternary nitrogens is 1. The number of nitrogens with zero attached hydrogens (tertiary/aromatic N) is 2. The zero-order valence-corrected chi connectivity index (χ0v) is 9.44. The molecule has 0 atom stereocenters. The molecule has 0 bridgehead atoms. The minimum absolute atomic E-state index is 0.0243. The number of likely N-dealkylation sites (N-methyl/N-ethyl adjacent to an activating group) is 1. The van der Waals surface area contributed by atoms with Gasteiger partial charge in [-0.2, -0.15) is 0 Å². The summed E-state index contributed by atoms with van der Waals surface area (Å²) >= 11 is 1.42. The van der Waals surface area contributed by atoms with Crippen LogP contribution in [-0.2, 0) is 11.2 Å². The third-order valence-electron chi connectivity index (χ3n) is 1.53. The third-order valence-corrected chi connectivity index (χ3v) is 2.51. The van der Waals surface area contributed by atoms with Crippen molar-refractivity contribution in [3.8, 4) is 0 Å². The fraction of sp³-hybridized carbons (Fsp3) is 0.625. The van der Waals surface area contributed by atoms with E-state index >= 15 is 0 Å². The van der Waals surface area contributed by atoms with Gasteiger partial charge in [0.25, 0.3) is 5.91 Å². The smallest absolute Gasteiger partial charge is 0.281 e. The lowest BCUT2D eigenvalue weighted by Crippen LogP contribution is -3.06. The van der Waals surface area contributed by atoms with Crippen molar-refractivity contribution in [2.75, 3.05) is 26.0 Å². The van der Waals surface area contributed by atoms with E-state index in [9.17, 15) is 4.79 Å². The predicted molar refractivity (Wildman–Crippen MR) is 55.6 cm³/mol. The summed E-state index contributed by atoms with van der Waals surface area (Å²) in [6, 6.07) is 0. The number of hydrogen-bond acceptors (Lipinski definition) is 4. The van der Waals surface area contributed by atoms with Crippen LogP contribution in [0.15, 0.2) is 0 Å². The molecule has 14 heavy (non-hydrogen) atoms. The van der Waals surface area contributed by atoms with Crippen LogP contribution in [0.4, 0.5) is 5.13 Å². The molecule has 0 aliphatic rings. The molecule has 0 radical (unpaired) electrons. The summed E-state index contributed by atoms with van der Waals surface area (Å²) in [7, 11) is 3.86. The van der Waals surface area contributed by atoms with Crippen LogP contribution < -0.4 is 10.2 Å². The van der Waals surface area contributed by atoms with Crippen molar-refractivity contribution in [3.05, 3.63) is 5.01 Å². The number of rotatable bonds is 4. The van der Waals surface area contributed by atoms with Crippen LogP contribution in [0.25, 0.3) is 0 Å². The lowest BCUT2D eigenvalue weighted by Gasteiger charge is -2.05. The van der Waals surface area contributed by atoms with Crippen LogP contribution >= 0.6 is 11.3 Å². The molecule has 0 aliphatic carbocycles. The summed E-state index contributed by atoms with van der Waals surface area (Å²) in [6.07, 6.45) is 0.854. The molecule has 1 aromatic rings. The average molecular weight is 215 g/mol. The zero-order valence-electron chi connectivity index (χ0n) is 8.63. The Balaban J connectivity index is 2.47. The number of aryl methyl sites for hydroxylation is 1. The second-order valence-electron chi connectivity index (χ2n) is 3.29. The molecule has 1 heterocycles. The topological polar surface area (TPSA) is 59.3 Å². The Morgan fingerprint density at radius 3 is 2.71 bits per heavy atom. The van der Waals surface area contributed by atoms with Crippen molar-refractivity contribution >= 4 is 22.4 Å². The fourth-order valence-electron chi connectivity index (χ4n) is 0.932. The van der Waals surface area contributed by atoms with Gasteiger partial charge in [-0.15, -0.1) is 10.2 Å². The Kier molecular flexibility index (Phi) is 3.97. The van der Waals surface area contributed by atoms with Gasteiger partial charge in [-0.25, -0.2) is 0 Å². The first-order valence-corrected chi connectivity index (χ1v) is 5.34. The Labute approximate surface area is 87.1 Å². The molecule has 1 rings (SSSR count). The SMILES string of the molecule is CCc1nnc(NC(=O)C[NH+](C)C)s1. The number of anilines is 1. The monoisotopic (exact) mass is 215 g/mol. The van der Waals surface area contributed by atoms with Gasteiger partial charge >= 0.3 is 0 Å². The standard InChI is InChI=1S/C8H14N4OS/c1-4-7-10-11-8(14-7)9-6(13)5-12(2)3/h4-5H2,1-3H3,(H,9,11,13)/p+1. The normalized spacial score (nSPS) is 10.6. The summed E-state index contributed by atoms with van der Waals surface area (Å²) in [6.45, 7) is 2.46. The molecule has 0 saturated carbocycles. The van der Waals surface area contributed by atoms with Crippen molar-refractivity contribution in [3.63, 3.8) is 0 Å². The minimum Gasteiger partial charge on any atom is -0.332 e. The molecular formula is C8H15N4OS+. The molecule has 0 saturated heterocycles. The number of amides is 1. The molecular weight excluding hydrogens is 200 g/mol. The number of carbonyl (C=O) groups is 1. The molecule has 0 unspecified atom stereocenters. The number of aromatic nitrogens is 2. The molecule has 0 aromatic carbocycles. The first-order valence-electron chi connectivity index (χ1n) is 4.53. The molecule has 2 N–H and O–H groups in total. The quantitative estimate of drug-likeness (QED) is 0.690. The molecule has 1 amide bonds. The van der Waals surface area contributed by atoms with E-state index in [4.69, 9.17) is 0 Å². The highest BCUT2D eigenvalue weighted by molar-refractivity contribution is 7.15. The Morgan fingerprint density at radius 1 is 1.50 bits per heavy atom. The maximum atomic E-state index is 11.3. The molecule has 5 nitrogen and oxygen atoms in total. The molecule has 0 fully saturated rings. The van der Waals surface area contributed by atoms with Gasteiger partial charge in [0.15, 0.2) is 6.54 Å². The maximum absolute atomic E-state index is 11.3. The van der Waals surface area contributed by atoms with E-state index in [1.807, 2.05) is 21.0 Å². The predicted octanol–water partition coefficient (Wildman–Crippen LogP) is -0.816. The molecule has 6 heteroatoms. The lowest BCUT2D eigenvalue weighted by atomic mass is 10.5. The first kappa shape index (κ1) is 11.1. The molecule has 0 aliphatic heterocycles. The van der Waals surface area contributed by atoms with Gasteiger partial charge in [0, 0.05) is 0 Å². The van der Waals surface area contributed by atoms with Crippen LogP contribution in [0.3, 0.4) is 0 Å². The summed E-state index contributed by atoms with van der Waals surface area (Å²) in [5.74, 6) is -0.0243. The number of nitrogens with one attached hydrogen (secondary N) is 2. The van der Waals surface area contributed by atoms with E-state index in [1.165, 1.54) is 11.3 Å². The van der Waals surface area contributed by atoms with E-state index in [-0.39, 0.29) is 5.91 Å². The highest BCUT2D eigenvalue weighted by Crippen LogP contribution is 2.14. The second-order valence-corrected chi connectivity index (χ2v) is 4.35. The van der Waals surface area contributed by atoms with Gasteiger partial charge in [0.2, 0.25) is 5.13 Å². The Hall–Kier alpha value is -1.01. The zero-order chi connectivity index (χ0) is 10.6. The van der Waals surface area contributed by atoms with Crippen molar-refractivity contribution in [2.24, 2.45) is 0 Å². The van der Waals surface area contributed by atoms with E-state index in [1.54, 1.807) is 0 Å². The van der Waals surface area contributed by atoms with Gasteiger partial charge in [0.05, 0.1) is 14.1 Å². The number of hydrogen-bond donors (Lipinski definition) is 2. The summed E-state index contributed by atoms with van der Waals surface area (Å²) in [4.78, 5) is 12.4. The van der Waals surface area contributed by atoms with Crippen molar-refractivity contribution in [2.45, 2.75) is 13.3 Å². The van der Waals surface area contributed by atoms with Crippen LogP contribution in [0.1, 0.15) is 11.9 Å². The Morgan fingerprint density at radius 2 is 2.21 bits per heavy atom. The molecule has 0 spiro atoms. The van der Waals surface area contributed by atoms with Gasteiger partial charge in [0.1, 0.15) is 5.01 Å². The van der Waals surface area contributed by atoms with E-state index in [0.29, 0.717) is 11.7 Å². The van der Waals surface area contributed by atoms with Crippen molar-refractivity contribution < 1.29 is 9.69 Å². The summed E-state index contributed by atoms with van der Waals surface area (Å²) < 4.78 is 0. The van der Waals surface area contributed by atoms with Crippen LogP contribution in [0.2, 0.25) is 0 Å². The lowest BCUT2D eigenvalue weighted by molar-refractivity contribution is -0.849. The van der Waals surface area contributed by atoms with Gasteiger partial charge in [-0.1, -0.05) is 18.3 Å². The average Bonchev–Trinajstić information content (AvgIpc) is 2.50. The van der Waals surface area contributed by atoms with Crippen molar-refractivity contribution in [1.82, 2.24) is 10.2 Å². The van der Waals surface area contributed by atoms with Crippen molar-refractivity contribution in [1.29, 1.82) is 0 Å². The van der Waals surface area contributed by atoms with E-state index in [0.717, 1.165) is 16.3 Å². The third kappa shape index (κ3) is 3.39. The highest BCUT2D eigenvalue weighted by atomic mass is 32.1. The summed E-state index contributed by atoms with van der Waals surface area (Å²) in [5, 5.41) is 12.0. The highest BCUT2D eigenvalue weighted by Gasteiger charge is 2.09. The Bertz CT molecular complexity index is 310. The van der Waals surface area contributed by atoms with Gasteiger partial charge < -0.3 is 4.90 Å². The van der Waals surface area contributed by atoms with Gasteiger partial charge in [-0.3, -0.25) is 10.1 Å². The maximum Gasteiger partial charge on any atom is 0.281 e. The minimum atomic E-state index is -0.0243. The molecule has 1 aromatic heterocycles. The van der Waals surface area contributed by atoms with E-state index in [2.05, 4.69) is 15.5 Å². The van der Waals surface area contributed by atoms with E-state index < -0.39 is 0 Å². The largest absolute Gasteiger partial charge is 0.332 e. The first-order chi connectivity index (χ1) is 6.61.